The molecule has 1 heterocycles. The number of benzene rings is 2. The molecular weight excluding hydrogens is 384 g/mol. The summed E-state index contributed by atoms with van der Waals surface area (Å²) in [6, 6.07) is 13.4. The van der Waals surface area contributed by atoms with Gasteiger partial charge in [0.05, 0.1) is 4.90 Å². The number of nitrogens with zero attached hydrogens (tertiary/aromatic N) is 1. The van der Waals surface area contributed by atoms with Crippen LogP contribution in [0.15, 0.2) is 53.4 Å². The predicted molar refractivity (Wildman–Crippen MR) is 106 cm³/mol. The number of halogens is 1. The zero-order chi connectivity index (χ0) is 19.4. The smallest absolute Gasteiger partial charge is 0.251 e. The van der Waals surface area contributed by atoms with Crippen LogP contribution in [0.25, 0.3) is 0 Å². The standard InChI is InChI=1S/C20H23ClN2O3S/c1-15-6-2-3-11-23(15)27(25,26)19-10-5-8-17(13-19)20(24)22-14-16-7-4-9-18(21)12-16/h4-5,7-10,12-13,15H,2-3,6,11,14H2,1H3,(H,22,24)/t15-/m1/s1. The SMILES string of the molecule is C[C@@H]1CCCCN1S(=O)(=O)c1cccc(C(=O)NCc2cccc(Cl)c2)c1. The van der Waals surface area contributed by atoms with Crippen molar-refractivity contribution in [2.75, 3.05) is 6.54 Å². The van der Waals surface area contributed by atoms with E-state index >= 15 is 0 Å². The molecule has 7 heteroatoms. The van der Waals surface area contributed by atoms with Crippen LogP contribution in [-0.2, 0) is 16.6 Å². The first-order chi connectivity index (χ1) is 12.9. The average molecular weight is 407 g/mol. The fourth-order valence-corrected chi connectivity index (χ4v) is 5.25. The molecule has 0 bridgehead atoms. The number of amides is 1. The molecule has 1 aliphatic rings. The van der Waals surface area contributed by atoms with Gasteiger partial charge in [-0.1, -0.05) is 36.2 Å². The highest BCUT2D eigenvalue weighted by molar-refractivity contribution is 7.89. The van der Waals surface area contributed by atoms with Gasteiger partial charge in [0.15, 0.2) is 0 Å². The maximum Gasteiger partial charge on any atom is 0.251 e. The third-order valence-corrected chi connectivity index (χ3v) is 7.03. The molecule has 0 unspecified atom stereocenters. The number of sulfonamides is 1. The van der Waals surface area contributed by atoms with Crippen molar-refractivity contribution in [2.24, 2.45) is 0 Å². The Morgan fingerprint density at radius 1 is 1.19 bits per heavy atom. The largest absolute Gasteiger partial charge is 0.348 e. The molecule has 0 aromatic heterocycles. The van der Waals surface area contributed by atoms with E-state index in [-0.39, 0.29) is 16.8 Å². The third-order valence-electron chi connectivity index (χ3n) is 4.79. The molecular formula is C20H23ClN2O3S. The third kappa shape index (κ3) is 4.69. The number of rotatable bonds is 5. The van der Waals surface area contributed by atoms with E-state index in [0.29, 0.717) is 23.7 Å². The molecule has 0 radical (unpaired) electrons. The Bertz CT molecular complexity index is 930. The molecule has 2 aromatic carbocycles. The van der Waals surface area contributed by atoms with E-state index in [0.717, 1.165) is 24.8 Å². The Labute approximate surface area is 165 Å². The normalized spacial score (nSPS) is 18.2. The fraction of sp³-hybridized carbons (Fsp3) is 0.350. The van der Waals surface area contributed by atoms with Crippen molar-refractivity contribution >= 4 is 27.5 Å². The Morgan fingerprint density at radius 2 is 1.96 bits per heavy atom. The van der Waals surface area contributed by atoms with E-state index in [1.54, 1.807) is 34.6 Å². The molecule has 1 atom stereocenters. The van der Waals surface area contributed by atoms with Gasteiger partial charge in [0.25, 0.3) is 5.91 Å². The Balaban J connectivity index is 1.75. The van der Waals surface area contributed by atoms with Crippen molar-refractivity contribution in [3.63, 3.8) is 0 Å². The lowest BCUT2D eigenvalue weighted by molar-refractivity contribution is 0.0950. The highest BCUT2D eigenvalue weighted by Crippen LogP contribution is 2.25. The maximum atomic E-state index is 13.0. The number of nitrogens with one attached hydrogen (secondary N) is 1. The molecule has 1 fully saturated rings. The molecule has 5 nitrogen and oxygen atoms in total. The molecule has 27 heavy (non-hydrogen) atoms. The number of carbonyl (C=O) groups is 1. The first-order valence-electron chi connectivity index (χ1n) is 9.02. The molecule has 0 spiro atoms. The van der Waals surface area contributed by atoms with E-state index in [2.05, 4.69) is 5.32 Å². The van der Waals surface area contributed by atoms with Crippen molar-refractivity contribution in [1.29, 1.82) is 0 Å². The monoisotopic (exact) mass is 406 g/mol. The minimum atomic E-state index is -3.60. The Hall–Kier alpha value is -1.89. The molecule has 144 valence electrons. The fourth-order valence-electron chi connectivity index (χ4n) is 3.29. The second-order valence-electron chi connectivity index (χ2n) is 6.80. The van der Waals surface area contributed by atoms with Crippen LogP contribution < -0.4 is 5.32 Å². The molecule has 1 N–H and O–H groups in total. The van der Waals surface area contributed by atoms with Gasteiger partial charge in [-0.3, -0.25) is 4.79 Å². The zero-order valence-electron chi connectivity index (χ0n) is 15.2. The average Bonchev–Trinajstić information content (AvgIpc) is 2.66. The van der Waals surface area contributed by atoms with Gasteiger partial charge in [0.2, 0.25) is 10.0 Å². The highest BCUT2D eigenvalue weighted by atomic mass is 35.5. The van der Waals surface area contributed by atoms with E-state index in [9.17, 15) is 13.2 Å². The van der Waals surface area contributed by atoms with Gasteiger partial charge in [-0.2, -0.15) is 4.31 Å². The van der Waals surface area contributed by atoms with Gasteiger partial charge in [0.1, 0.15) is 0 Å². The molecule has 1 saturated heterocycles. The van der Waals surface area contributed by atoms with E-state index < -0.39 is 10.0 Å². The lowest BCUT2D eigenvalue weighted by Gasteiger charge is -2.32. The number of carbonyl (C=O) groups excluding carboxylic acids is 1. The molecule has 0 aliphatic carbocycles. The molecule has 1 aliphatic heterocycles. The quantitative estimate of drug-likeness (QED) is 0.820. The van der Waals surface area contributed by atoms with Crippen LogP contribution in [0, 0.1) is 0 Å². The second-order valence-corrected chi connectivity index (χ2v) is 9.13. The summed E-state index contributed by atoms with van der Waals surface area (Å²) in [5, 5.41) is 3.41. The summed E-state index contributed by atoms with van der Waals surface area (Å²) in [6.45, 7) is 2.77. The van der Waals surface area contributed by atoms with Gasteiger partial charge in [-0.25, -0.2) is 8.42 Å². The molecule has 3 rings (SSSR count). The van der Waals surface area contributed by atoms with E-state index in [4.69, 9.17) is 11.6 Å². The lowest BCUT2D eigenvalue weighted by Crippen LogP contribution is -2.42. The van der Waals surface area contributed by atoms with Crippen LogP contribution in [0.4, 0.5) is 0 Å². The molecule has 0 saturated carbocycles. The van der Waals surface area contributed by atoms with Gasteiger partial charge >= 0.3 is 0 Å². The topological polar surface area (TPSA) is 66.5 Å². The van der Waals surface area contributed by atoms with Crippen molar-refractivity contribution < 1.29 is 13.2 Å². The van der Waals surface area contributed by atoms with Gasteiger partial charge < -0.3 is 5.32 Å². The Kier molecular flexibility index (Phi) is 6.19. The molecule has 1 amide bonds. The van der Waals surface area contributed by atoms with Crippen LogP contribution in [0.2, 0.25) is 5.02 Å². The minimum Gasteiger partial charge on any atom is -0.348 e. The van der Waals surface area contributed by atoms with E-state index in [1.165, 1.54) is 6.07 Å². The first-order valence-corrected chi connectivity index (χ1v) is 10.8. The summed E-state index contributed by atoms with van der Waals surface area (Å²) in [5.74, 6) is -0.321. The summed E-state index contributed by atoms with van der Waals surface area (Å²) in [7, 11) is -3.60. The highest BCUT2D eigenvalue weighted by Gasteiger charge is 2.31. The number of hydrogen-bond acceptors (Lipinski definition) is 3. The summed E-state index contributed by atoms with van der Waals surface area (Å²) >= 11 is 5.95. The Morgan fingerprint density at radius 3 is 2.70 bits per heavy atom. The van der Waals surface area contributed by atoms with Crippen molar-refractivity contribution in [3.8, 4) is 0 Å². The number of piperidine rings is 1. The van der Waals surface area contributed by atoms with E-state index in [1.807, 2.05) is 19.1 Å². The first kappa shape index (κ1) is 19.9. The summed E-state index contributed by atoms with van der Waals surface area (Å²) < 4.78 is 27.5. The van der Waals surface area contributed by atoms with Gasteiger partial charge in [-0.15, -0.1) is 0 Å². The summed E-state index contributed by atoms with van der Waals surface area (Å²) in [5.41, 5.74) is 1.20. The second kappa shape index (κ2) is 8.42. The lowest BCUT2D eigenvalue weighted by atomic mass is 10.1. The van der Waals surface area contributed by atoms with Gasteiger partial charge in [0, 0.05) is 29.7 Å². The predicted octanol–water partition coefficient (Wildman–Crippen LogP) is 3.83. The number of hydrogen-bond donors (Lipinski definition) is 1. The minimum absolute atomic E-state index is 0.0240. The van der Waals surface area contributed by atoms with Crippen molar-refractivity contribution in [3.05, 3.63) is 64.7 Å². The summed E-state index contributed by atoms with van der Waals surface area (Å²) in [4.78, 5) is 12.6. The van der Waals surface area contributed by atoms with Crippen LogP contribution in [0.3, 0.4) is 0 Å². The van der Waals surface area contributed by atoms with Crippen molar-refractivity contribution in [1.82, 2.24) is 9.62 Å². The van der Waals surface area contributed by atoms with Crippen LogP contribution in [0.5, 0.6) is 0 Å². The van der Waals surface area contributed by atoms with Crippen molar-refractivity contribution in [2.45, 2.75) is 43.7 Å². The van der Waals surface area contributed by atoms with Crippen LogP contribution >= 0.6 is 11.6 Å². The summed E-state index contributed by atoms with van der Waals surface area (Å²) in [6.07, 6.45) is 2.77. The molecule has 2 aromatic rings. The van der Waals surface area contributed by atoms with Gasteiger partial charge in [-0.05, 0) is 55.7 Å². The zero-order valence-corrected chi connectivity index (χ0v) is 16.8. The van der Waals surface area contributed by atoms with Crippen LogP contribution in [0.1, 0.15) is 42.1 Å². The maximum absolute atomic E-state index is 13.0. The van der Waals surface area contributed by atoms with Crippen LogP contribution in [-0.4, -0.2) is 31.2 Å².